The Hall–Kier alpha value is -0.640. The Labute approximate surface area is 83.6 Å². The zero-order valence-corrected chi connectivity index (χ0v) is 9.04. The van der Waals surface area contributed by atoms with Gasteiger partial charge < -0.3 is 9.47 Å². The van der Waals surface area contributed by atoms with Gasteiger partial charge in [0.2, 0.25) is 6.29 Å². The standard InChI is InChI=1S/C10H17FO3/c1-5-10(4)6(2)8(11)9(14-10)13-7(3)12/h6,8-9H,5H2,1-4H3/t6-,8+,9?,10+/m0/s1. The van der Waals surface area contributed by atoms with Crippen molar-refractivity contribution in [2.45, 2.75) is 52.2 Å². The van der Waals surface area contributed by atoms with Crippen LogP contribution in [0.2, 0.25) is 0 Å². The fraction of sp³-hybridized carbons (Fsp3) is 0.900. The SMILES string of the molecule is CC[C@@]1(C)OC(OC(C)=O)[C@H](F)[C@@H]1C. The molecule has 4 atom stereocenters. The van der Waals surface area contributed by atoms with Crippen LogP contribution in [0, 0.1) is 5.92 Å². The Balaban J connectivity index is 2.71. The summed E-state index contributed by atoms with van der Waals surface area (Å²) in [4.78, 5) is 10.7. The first kappa shape index (κ1) is 11.4. The molecular weight excluding hydrogens is 187 g/mol. The molecule has 0 spiro atoms. The molecule has 3 nitrogen and oxygen atoms in total. The van der Waals surface area contributed by atoms with E-state index in [0.29, 0.717) is 6.42 Å². The number of esters is 1. The summed E-state index contributed by atoms with van der Waals surface area (Å²) < 4.78 is 23.8. The lowest BCUT2D eigenvalue weighted by Crippen LogP contribution is -2.31. The molecule has 82 valence electrons. The number of ether oxygens (including phenoxy) is 2. The average molecular weight is 204 g/mol. The molecule has 0 amide bonds. The zero-order chi connectivity index (χ0) is 10.9. The van der Waals surface area contributed by atoms with E-state index in [1.165, 1.54) is 6.92 Å². The van der Waals surface area contributed by atoms with Crippen LogP contribution in [0.5, 0.6) is 0 Å². The zero-order valence-electron chi connectivity index (χ0n) is 9.04. The monoisotopic (exact) mass is 204 g/mol. The van der Waals surface area contributed by atoms with Gasteiger partial charge in [-0.15, -0.1) is 0 Å². The van der Waals surface area contributed by atoms with Crippen molar-refractivity contribution in [2.75, 3.05) is 0 Å². The summed E-state index contributed by atoms with van der Waals surface area (Å²) in [5.41, 5.74) is -0.528. The normalized spacial score (nSPS) is 42.5. The molecule has 0 bridgehead atoms. The van der Waals surface area contributed by atoms with E-state index in [4.69, 9.17) is 9.47 Å². The molecule has 0 radical (unpaired) electrons. The summed E-state index contributed by atoms with van der Waals surface area (Å²) in [7, 11) is 0. The second-order valence-electron chi connectivity index (χ2n) is 3.99. The molecule has 0 aliphatic carbocycles. The maximum Gasteiger partial charge on any atom is 0.305 e. The molecule has 0 aromatic carbocycles. The van der Waals surface area contributed by atoms with Crippen molar-refractivity contribution in [2.24, 2.45) is 5.92 Å². The Bertz CT molecular complexity index is 231. The van der Waals surface area contributed by atoms with Gasteiger partial charge in [0.1, 0.15) is 0 Å². The molecule has 1 heterocycles. The molecule has 4 heteroatoms. The Morgan fingerprint density at radius 2 is 2.21 bits per heavy atom. The van der Waals surface area contributed by atoms with Crippen LogP contribution >= 0.6 is 0 Å². The first-order valence-corrected chi connectivity index (χ1v) is 4.90. The molecule has 0 saturated carbocycles. The molecule has 1 aliphatic heterocycles. The lowest BCUT2D eigenvalue weighted by Gasteiger charge is -2.26. The van der Waals surface area contributed by atoms with E-state index >= 15 is 0 Å². The second kappa shape index (κ2) is 3.85. The number of hydrogen-bond donors (Lipinski definition) is 0. The summed E-state index contributed by atoms with van der Waals surface area (Å²) in [5.74, 6) is -0.762. The largest absolute Gasteiger partial charge is 0.433 e. The first-order chi connectivity index (χ1) is 6.40. The summed E-state index contributed by atoms with van der Waals surface area (Å²) in [6.07, 6.45) is -1.57. The van der Waals surface area contributed by atoms with Gasteiger partial charge in [0, 0.05) is 12.8 Å². The molecule has 14 heavy (non-hydrogen) atoms. The summed E-state index contributed by atoms with van der Waals surface area (Å²) >= 11 is 0. The van der Waals surface area contributed by atoms with Gasteiger partial charge in [0.25, 0.3) is 0 Å². The van der Waals surface area contributed by atoms with Gasteiger partial charge in [-0.2, -0.15) is 0 Å². The van der Waals surface area contributed by atoms with Crippen LogP contribution in [-0.4, -0.2) is 24.0 Å². The maximum absolute atomic E-state index is 13.6. The third-order valence-corrected chi connectivity index (χ3v) is 3.07. The van der Waals surface area contributed by atoms with Crippen molar-refractivity contribution in [1.82, 2.24) is 0 Å². The van der Waals surface area contributed by atoms with Crippen LogP contribution in [0.4, 0.5) is 4.39 Å². The van der Waals surface area contributed by atoms with Gasteiger partial charge in [0.05, 0.1) is 5.60 Å². The predicted molar refractivity (Wildman–Crippen MR) is 49.4 cm³/mol. The van der Waals surface area contributed by atoms with Crippen molar-refractivity contribution in [3.8, 4) is 0 Å². The van der Waals surface area contributed by atoms with Crippen molar-refractivity contribution in [1.29, 1.82) is 0 Å². The highest BCUT2D eigenvalue weighted by Crippen LogP contribution is 2.40. The Kier molecular flexibility index (Phi) is 3.14. The number of halogens is 1. The molecule has 0 aromatic rings. The minimum absolute atomic E-state index is 0.253. The number of carbonyl (C=O) groups excluding carboxylic acids is 1. The molecule has 0 N–H and O–H groups in total. The maximum atomic E-state index is 13.6. The van der Waals surface area contributed by atoms with E-state index in [1.807, 2.05) is 13.8 Å². The van der Waals surface area contributed by atoms with Crippen LogP contribution in [0.15, 0.2) is 0 Å². The minimum atomic E-state index is -1.23. The van der Waals surface area contributed by atoms with Crippen LogP contribution in [0.3, 0.4) is 0 Å². The van der Waals surface area contributed by atoms with E-state index in [0.717, 1.165) is 0 Å². The van der Waals surface area contributed by atoms with Crippen molar-refractivity contribution < 1.29 is 18.7 Å². The number of carbonyl (C=O) groups is 1. The van der Waals surface area contributed by atoms with Gasteiger partial charge in [-0.25, -0.2) is 4.39 Å². The third kappa shape index (κ3) is 1.90. The number of hydrogen-bond acceptors (Lipinski definition) is 3. The first-order valence-electron chi connectivity index (χ1n) is 4.90. The van der Waals surface area contributed by atoms with E-state index in [2.05, 4.69) is 0 Å². The smallest absolute Gasteiger partial charge is 0.305 e. The van der Waals surface area contributed by atoms with Crippen LogP contribution in [-0.2, 0) is 14.3 Å². The molecule has 0 aromatic heterocycles. The topological polar surface area (TPSA) is 35.5 Å². The van der Waals surface area contributed by atoms with Gasteiger partial charge in [-0.05, 0) is 13.3 Å². The highest BCUT2D eigenvalue weighted by Gasteiger charge is 2.50. The average Bonchev–Trinajstić information content (AvgIpc) is 2.31. The van der Waals surface area contributed by atoms with Crippen LogP contribution in [0.25, 0.3) is 0 Å². The molecule has 1 rings (SSSR count). The molecule has 1 aliphatic rings. The van der Waals surface area contributed by atoms with E-state index in [9.17, 15) is 9.18 Å². The fourth-order valence-corrected chi connectivity index (χ4v) is 1.67. The van der Waals surface area contributed by atoms with Gasteiger partial charge in [-0.3, -0.25) is 4.79 Å². The van der Waals surface area contributed by atoms with Crippen molar-refractivity contribution >= 4 is 5.97 Å². The number of alkyl halides is 1. The Morgan fingerprint density at radius 1 is 1.64 bits per heavy atom. The summed E-state index contributed by atoms with van der Waals surface area (Å²) in [6, 6.07) is 0. The molecule has 1 unspecified atom stereocenters. The summed E-state index contributed by atoms with van der Waals surface area (Å²) in [6.45, 7) is 6.80. The van der Waals surface area contributed by atoms with Crippen LogP contribution in [0.1, 0.15) is 34.1 Å². The predicted octanol–water partition coefficient (Wildman–Crippen LogP) is 2.05. The van der Waals surface area contributed by atoms with Gasteiger partial charge in [0.15, 0.2) is 6.17 Å². The van der Waals surface area contributed by atoms with Gasteiger partial charge >= 0.3 is 5.97 Å². The highest BCUT2D eigenvalue weighted by molar-refractivity contribution is 5.66. The molecular formula is C10H17FO3. The van der Waals surface area contributed by atoms with E-state index in [1.54, 1.807) is 6.92 Å². The molecule has 1 fully saturated rings. The van der Waals surface area contributed by atoms with Crippen LogP contribution < -0.4 is 0 Å². The summed E-state index contributed by atoms with van der Waals surface area (Å²) in [5, 5.41) is 0. The van der Waals surface area contributed by atoms with Gasteiger partial charge in [-0.1, -0.05) is 13.8 Å². The fourth-order valence-electron chi connectivity index (χ4n) is 1.67. The highest BCUT2D eigenvalue weighted by atomic mass is 19.1. The minimum Gasteiger partial charge on any atom is -0.433 e. The van der Waals surface area contributed by atoms with Crippen molar-refractivity contribution in [3.63, 3.8) is 0 Å². The molecule has 1 saturated heterocycles. The van der Waals surface area contributed by atoms with E-state index < -0.39 is 24.0 Å². The van der Waals surface area contributed by atoms with Crippen molar-refractivity contribution in [3.05, 3.63) is 0 Å². The van der Waals surface area contributed by atoms with E-state index in [-0.39, 0.29) is 5.92 Å². The second-order valence-corrected chi connectivity index (χ2v) is 3.99. The number of rotatable bonds is 2. The Morgan fingerprint density at radius 3 is 2.57 bits per heavy atom. The quantitative estimate of drug-likeness (QED) is 0.646. The lowest BCUT2D eigenvalue weighted by atomic mass is 9.87. The lowest BCUT2D eigenvalue weighted by molar-refractivity contribution is -0.191. The third-order valence-electron chi connectivity index (χ3n) is 3.07.